The molecule has 1 aliphatic rings. The summed E-state index contributed by atoms with van der Waals surface area (Å²) in [7, 11) is 0. The van der Waals surface area contributed by atoms with Gasteiger partial charge in [0.1, 0.15) is 5.75 Å². The Hall–Kier alpha value is -3.02. The first-order valence-corrected chi connectivity index (χ1v) is 11.8. The zero-order valence-electron chi connectivity index (χ0n) is 18.9. The van der Waals surface area contributed by atoms with Crippen LogP contribution in [-0.2, 0) is 4.79 Å². The largest absolute Gasteiger partial charge is 0.494 e. The summed E-state index contributed by atoms with van der Waals surface area (Å²) in [6.07, 6.45) is 6.68. The molecule has 172 valence electrons. The summed E-state index contributed by atoms with van der Waals surface area (Å²) in [5, 5.41) is 9.06. The molecule has 0 bridgehead atoms. The first-order chi connectivity index (χ1) is 15.7. The Balaban J connectivity index is 1.48. The highest BCUT2D eigenvalue weighted by atomic mass is 16.5. The molecule has 0 aromatic heterocycles. The third kappa shape index (κ3) is 7.59. The molecule has 32 heavy (non-hydrogen) atoms. The molecule has 3 rings (SSSR count). The van der Waals surface area contributed by atoms with Crippen molar-refractivity contribution in [3.63, 3.8) is 0 Å². The SMILES string of the molecule is CCOc1ccc([C@@H](NC(=O)CCCNC(=O)NC2CCCCC2)c2ccccc2)cc1. The highest BCUT2D eigenvalue weighted by Gasteiger charge is 2.18. The number of hydrogen-bond donors (Lipinski definition) is 3. The van der Waals surface area contributed by atoms with E-state index in [1.807, 2.05) is 61.5 Å². The third-order valence-corrected chi connectivity index (χ3v) is 5.77. The van der Waals surface area contributed by atoms with Gasteiger partial charge < -0.3 is 20.7 Å². The second-order valence-corrected chi connectivity index (χ2v) is 8.25. The molecule has 0 radical (unpaired) electrons. The summed E-state index contributed by atoms with van der Waals surface area (Å²) in [6.45, 7) is 3.05. The molecule has 6 nitrogen and oxygen atoms in total. The lowest BCUT2D eigenvalue weighted by Crippen LogP contribution is -2.43. The zero-order valence-corrected chi connectivity index (χ0v) is 18.9. The van der Waals surface area contributed by atoms with E-state index in [2.05, 4.69) is 16.0 Å². The van der Waals surface area contributed by atoms with Crippen LogP contribution >= 0.6 is 0 Å². The van der Waals surface area contributed by atoms with Gasteiger partial charge in [0.25, 0.3) is 0 Å². The molecule has 1 fully saturated rings. The van der Waals surface area contributed by atoms with E-state index >= 15 is 0 Å². The summed E-state index contributed by atoms with van der Waals surface area (Å²) >= 11 is 0. The van der Waals surface area contributed by atoms with Crippen LogP contribution in [0.15, 0.2) is 54.6 Å². The number of benzene rings is 2. The van der Waals surface area contributed by atoms with E-state index in [0.717, 1.165) is 29.7 Å². The topological polar surface area (TPSA) is 79.5 Å². The Morgan fingerprint density at radius 2 is 1.66 bits per heavy atom. The molecule has 0 spiro atoms. The van der Waals surface area contributed by atoms with Crippen molar-refractivity contribution in [2.75, 3.05) is 13.2 Å². The predicted octanol–water partition coefficient (Wildman–Crippen LogP) is 4.70. The second kappa shape index (κ2) is 12.7. The molecule has 0 heterocycles. The minimum Gasteiger partial charge on any atom is -0.494 e. The minimum atomic E-state index is -0.234. The summed E-state index contributed by atoms with van der Waals surface area (Å²) in [6, 6.07) is 17.7. The van der Waals surface area contributed by atoms with Gasteiger partial charge in [-0.2, -0.15) is 0 Å². The highest BCUT2D eigenvalue weighted by molar-refractivity contribution is 5.77. The summed E-state index contributed by atoms with van der Waals surface area (Å²) < 4.78 is 5.53. The van der Waals surface area contributed by atoms with Crippen LogP contribution < -0.4 is 20.7 Å². The lowest BCUT2D eigenvalue weighted by molar-refractivity contribution is -0.121. The van der Waals surface area contributed by atoms with Crippen LogP contribution in [0.1, 0.15) is 69.0 Å². The average molecular weight is 438 g/mol. The van der Waals surface area contributed by atoms with Gasteiger partial charge in [0, 0.05) is 19.0 Å². The lowest BCUT2D eigenvalue weighted by Gasteiger charge is -2.23. The standard InChI is InChI=1S/C26H35N3O3/c1-2-32-23-17-15-21(16-18-23)25(20-10-5-3-6-11-20)29-24(30)14-9-19-27-26(31)28-22-12-7-4-8-13-22/h3,5-6,10-11,15-18,22,25H,2,4,7-9,12-14,19H2,1H3,(H,29,30)(H2,27,28,31)/t25-/m0/s1. The second-order valence-electron chi connectivity index (χ2n) is 8.25. The maximum absolute atomic E-state index is 12.7. The Labute approximate surface area is 191 Å². The van der Waals surface area contributed by atoms with Crippen LogP contribution in [0.5, 0.6) is 5.75 Å². The summed E-state index contributed by atoms with van der Waals surface area (Å²) in [4.78, 5) is 24.7. The van der Waals surface area contributed by atoms with E-state index in [0.29, 0.717) is 26.0 Å². The van der Waals surface area contributed by atoms with E-state index in [1.165, 1.54) is 19.3 Å². The number of urea groups is 1. The number of nitrogens with one attached hydrogen (secondary N) is 3. The van der Waals surface area contributed by atoms with Gasteiger partial charge in [-0.1, -0.05) is 61.7 Å². The predicted molar refractivity (Wildman–Crippen MR) is 127 cm³/mol. The van der Waals surface area contributed by atoms with Gasteiger partial charge in [-0.05, 0) is 49.4 Å². The molecule has 6 heteroatoms. The van der Waals surface area contributed by atoms with Crippen LogP contribution in [0.2, 0.25) is 0 Å². The smallest absolute Gasteiger partial charge is 0.315 e. The summed E-state index contributed by atoms with van der Waals surface area (Å²) in [5.74, 6) is 0.772. The quantitative estimate of drug-likeness (QED) is 0.471. The van der Waals surface area contributed by atoms with Gasteiger partial charge in [0.05, 0.1) is 12.6 Å². The van der Waals surface area contributed by atoms with E-state index in [4.69, 9.17) is 4.74 Å². The van der Waals surface area contributed by atoms with Crippen molar-refractivity contribution < 1.29 is 14.3 Å². The number of carbonyl (C=O) groups is 2. The molecule has 3 N–H and O–H groups in total. The zero-order chi connectivity index (χ0) is 22.6. The molecule has 0 saturated heterocycles. The van der Waals surface area contributed by atoms with Crippen molar-refractivity contribution in [2.45, 2.75) is 64.0 Å². The fraction of sp³-hybridized carbons (Fsp3) is 0.462. The normalized spacial score (nSPS) is 14.9. The van der Waals surface area contributed by atoms with Crippen molar-refractivity contribution in [1.29, 1.82) is 0 Å². The molecule has 1 aliphatic carbocycles. The minimum absolute atomic E-state index is 0.0396. The maximum Gasteiger partial charge on any atom is 0.315 e. The van der Waals surface area contributed by atoms with Crippen LogP contribution in [0.25, 0.3) is 0 Å². The van der Waals surface area contributed by atoms with E-state index in [9.17, 15) is 9.59 Å². The molecule has 3 amide bonds. The molecular weight excluding hydrogens is 402 g/mol. The van der Waals surface area contributed by atoms with Gasteiger partial charge in [-0.3, -0.25) is 4.79 Å². The van der Waals surface area contributed by atoms with E-state index < -0.39 is 0 Å². The monoisotopic (exact) mass is 437 g/mol. The van der Waals surface area contributed by atoms with Crippen molar-refractivity contribution in [2.24, 2.45) is 0 Å². The van der Waals surface area contributed by atoms with E-state index in [-0.39, 0.29) is 24.0 Å². The average Bonchev–Trinajstić information content (AvgIpc) is 2.82. The maximum atomic E-state index is 12.7. The number of rotatable bonds is 10. The molecule has 1 atom stereocenters. The number of carbonyl (C=O) groups excluding carboxylic acids is 2. The lowest BCUT2D eigenvalue weighted by atomic mass is 9.96. The van der Waals surface area contributed by atoms with Gasteiger partial charge in [0.2, 0.25) is 5.91 Å². The number of hydrogen-bond acceptors (Lipinski definition) is 3. The van der Waals surface area contributed by atoms with Crippen molar-refractivity contribution >= 4 is 11.9 Å². The van der Waals surface area contributed by atoms with Gasteiger partial charge in [0.15, 0.2) is 0 Å². The molecule has 2 aromatic rings. The van der Waals surface area contributed by atoms with Crippen LogP contribution in [0, 0.1) is 0 Å². The van der Waals surface area contributed by atoms with E-state index in [1.54, 1.807) is 0 Å². The molecule has 0 aliphatic heterocycles. The first kappa shape index (κ1) is 23.6. The number of ether oxygens (including phenoxy) is 1. The van der Waals surface area contributed by atoms with Crippen LogP contribution in [-0.4, -0.2) is 31.1 Å². The van der Waals surface area contributed by atoms with Crippen molar-refractivity contribution in [3.05, 3.63) is 65.7 Å². The highest BCUT2D eigenvalue weighted by Crippen LogP contribution is 2.24. The Bertz CT molecular complexity index is 833. The van der Waals surface area contributed by atoms with Gasteiger partial charge in [-0.25, -0.2) is 4.79 Å². The van der Waals surface area contributed by atoms with Crippen LogP contribution in [0.3, 0.4) is 0 Å². The Kier molecular flexibility index (Phi) is 9.41. The fourth-order valence-electron chi connectivity index (χ4n) is 4.10. The summed E-state index contributed by atoms with van der Waals surface area (Å²) in [5.41, 5.74) is 2.02. The fourth-order valence-corrected chi connectivity index (χ4v) is 4.10. The molecule has 1 saturated carbocycles. The van der Waals surface area contributed by atoms with Crippen molar-refractivity contribution in [1.82, 2.24) is 16.0 Å². The Morgan fingerprint density at radius 3 is 2.34 bits per heavy atom. The molecule has 2 aromatic carbocycles. The molecular formula is C26H35N3O3. The Morgan fingerprint density at radius 1 is 0.969 bits per heavy atom. The van der Waals surface area contributed by atoms with Gasteiger partial charge in [-0.15, -0.1) is 0 Å². The third-order valence-electron chi connectivity index (χ3n) is 5.77. The van der Waals surface area contributed by atoms with Gasteiger partial charge >= 0.3 is 6.03 Å². The molecule has 0 unspecified atom stereocenters. The van der Waals surface area contributed by atoms with Crippen LogP contribution in [0.4, 0.5) is 4.79 Å². The first-order valence-electron chi connectivity index (χ1n) is 11.8. The number of amides is 3. The van der Waals surface area contributed by atoms with Crippen molar-refractivity contribution in [3.8, 4) is 5.75 Å².